The summed E-state index contributed by atoms with van der Waals surface area (Å²) in [4.78, 5) is 12.9. The van der Waals surface area contributed by atoms with Crippen LogP contribution in [0.3, 0.4) is 0 Å². The molecule has 1 aromatic heterocycles. The molecule has 1 aromatic carbocycles. The summed E-state index contributed by atoms with van der Waals surface area (Å²) in [6.07, 6.45) is 3.04. The number of halogens is 1. The number of fused-ring (bicyclic) bond motifs is 1. The van der Waals surface area contributed by atoms with Gasteiger partial charge in [-0.05, 0) is 18.2 Å². The molecular formula is C11H9FN2O2. The molecule has 1 heterocycles. The molecule has 0 spiro atoms. The van der Waals surface area contributed by atoms with E-state index in [1.807, 2.05) is 0 Å². The van der Waals surface area contributed by atoms with Crippen LogP contribution in [0.15, 0.2) is 30.1 Å². The highest BCUT2D eigenvalue weighted by Crippen LogP contribution is 2.21. The van der Waals surface area contributed by atoms with Gasteiger partial charge in [-0.2, -0.15) is 0 Å². The van der Waals surface area contributed by atoms with Crippen molar-refractivity contribution in [2.45, 2.75) is 6.92 Å². The van der Waals surface area contributed by atoms with Gasteiger partial charge in [0.2, 0.25) is 5.70 Å². The van der Waals surface area contributed by atoms with Gasteiger partial charge in [0, 0.05) is 35.7 Å². The smallest absolute Gasteiger partial charge is 0.243 e. The van der Waals surface area contributed by atoms with Crippen LogP contribution in [0.1, 0.15) is 12.5 Å². The van der Waals surface area contributed by atoms with E-state index in [1.54, 1.807) is 12.3 Å². The first-order valence-electron chi connectivity index (χ1n) is 4.67. The van der Waals surface area contributed by atoms with Gasteiger partial charge in [-0.3, -0.25) is 10.1 Å². The Balaban J connectivity index is 2.57. The highest BCUT2D eigenvalue weighted by atomic mass is 19.1. The average molecular weight is 220 g/mol. The zero-order valence-corrected chi connectivity index (χ0v) is 8.53. The molecule has 0 aliphatic carbocycles. The summed E-state index contributed by atoms with van der Waals surface area (Å²) in [5, 5.41) is 11.1. The summed E-state index contributed by atoms with van der Waals surface area (Å²) in [7, 11) is 0. The lowest BCUT2D eigenvalue weighted by atomic mass is 10.1. The fraction of sp³-hybridized carbons (Fsp3) is 0.0909. The molecule has 5 heteroatoms. The SMILES string of the molecule is CC(=Cc1c[nH]c2ccc(F)cc12)[N+](=O)[O-]. The van der Waals surface area contributed by atoms with Gasteiger partial charge >= 0.3 is 0 Å². The molecule has 0 saturated carbocycles. The van der Waals surface area contributed by atoms with Gasteiger partial charge in [-0.1, -0.05) is 0 Å². The quantitative estimate of drug-likeness (QED) is 0.624. The number of hydrogen-bond acceptors (Lipinski definition) is 2. The number of nitro groups is 1. The zero-order valence-electron chi connectivity index (χ0n) is 8.53. The van der Waals surface area contributed by atoms with E-state index in [-0.39, 0.29) is 11.5 Å². The second-order valence-corrected chi connectivity index (χ2v) is 3.48. The Morgan fingerprint density at radius 3 is 3.00 bits per heavy atom. The topological polar surface area (TPSA) is 58.9 Å². The molecule has 0 saturated heterocycles. The Morgan fingerprint density at radius 2 is 2.31 bits per heavy atom. The molecule has 0 amide bonds. The number of benzene rings is 1. The molecule has 82 valence electrons. The Bertz CT molecular complexity index is 587. The lowest BCUT2D eigenvalue weighted by Crippen LogP contribution is -1.92. The highest BCUT2D eigenvalue weighted by Gasteiger charge is 2.07. The monoisotopic (exact) mass is 220 g/mol. The minimum atomic E-state index is -0.474. The number of H-pyrrole nitrogens is 1. The van der Waals surface area contributed by atoms with E-state index in [0.29, 0.717) is 10.9 Å². The molecule has 0 aliphatic heterocycles. The number of nitrogens with zero attached hydrogens (tertiary/aromatic N) is 1. The summed E-state index contributed by atoms with van der Waals surface area (Å²) in [5.41, 5.74) is 1.39. The molecular weight excluding hydrogens is 211 g/mol. The number of aromatic amines is 1. The van der Waals surface area contributed by atoms with Crippen LogP contribution in [0.25, 0.3) is 17.0 Å². The van der Waals surface area contributed by atoms with E-state index in [2.05, 4.69) is 4.98 Å². The third-order valence-corrected chi connectivity index (χ3v) is 2.33. The molecule has 1 N–H and O–H groups in total. The molecule has 0 atom stereocenters. The van der Waals surface area contributed by atoms with Crippen molar-refractivity contribution in [3.05, 3.63) is 51.6 Å². The first-order chi connectivity index (χ1) is 7.58. The van der Waals surface area contributed by atoms with Crippen LogP contribution in [-0.2, 0) is 0 Å². The Kier molecular flexibility index (Phi) is 2.44. The van der Waals surface area contributed by atoms with Gasteiger partial charge in [-0.15, -0.1) is 0 Å². The van der Waals surface area contributed by atoms with Crippen LogP contribution in [0.4, 0.5) is 4.39 Å². The van der Waals surface area contributed by atoms with Crippen LogP contribution < -0.4 is 0 Å². The third kappa shape index (κ3) is 1.79. The summed E-state index contributed by atoms with van der Waals surface area (Å²) < 4.78 is 13.0. The lowest BCUT2D eigenvalue weighted by molar-refractivity contribution is -0.422. The fourth-order valence-corrected chi connectivity index (χ4v) is 1.51. The van der Waals surface area contributed by atoms with E-state index in [9.17, 15) is 14.5 Å². The maximum atomic E-state index is 13.0. The van der Waals surface area contributed by atoms with Gasteiger partial charge in [0.1, 0.15) is 5.82 Å². The molecule has 0 bridgehead atoms. The van der Waals surface area contributed by atoms with E-state index in [1.165, 1.54) is 25.1 Å². The van der Waals surface area contributed by atoms with Gasteiger partial charge in [-0.25, -0.2) is 4.39 Å². The van der Waals surface area contributed by atoms with Crippen LogP contribution in [-0.4, -0.2) is 9.91 Å². The van der Waals surface area contributed by atoms with Crippen molar-refractivity contribution < 1.29 is 9.31 Å². The maximum absolute atomic E-state index is 13.0. The number of allylic oxidation sites excluding steroid dienone is 1. The fourth-order valence-electron chi connectivity index (χ4n) is 1.51. The summed E-state index contributed by atoms with van der Waals surface area (Å²) in [6, 6.07) is 4.29. The Hall–Kier alpha value is -2.17. The van der Waals surface area contributed by atoms with Crippen LogP contribution in [0, 0.1) is 15.9 Å². The summed E-state index contributed by atoms with van der Waals surface area (Å²) >= 11 is 0. The molecule has 2 rings (SSSR count). The van der Waals surface area contributed by atoms with Crippen molar-refractivity contribution in [2.24, 2.45) is 0 Å². The van der Waals surface area contributed by atoms with Crippen molar-refractivity contribution in [2.75, 3.05) is 0 Å². The number of nitrogens with one attached hydrogen (secondary N) is 1. The molecule has 0 unspecified atom stereocenters. The van der Waals surface area contributed by atoms with Gasteiger partial charge in [0.15, 0.2) is 0 Å². The lowest BCUT2D eigenvalue weighted by Gasteiger charge is -1.93. The van der Waals surface area contributed by atoms with Crippen LogP contribution in [0.2, 0.25) is 0 Å². The standard InChI is InChI=1S/C11H9FN2O2/c1-7(14(15)16)4-8-6-13-11-3-2-9(12)5-10(8)11/h2-6,13H,1H3. The molecule has 16 heavy (non-hydrogen) atoms. The minimum absolute atomic E-state index is 0.0187. The van der Waals surface area contributed by atoms with Crippen molar-refractivity contribution in [1.82, 2.24) is 4.98 Å². The zero-order chi connectivity index (χ0) is 11.7. The maximum Gasteiger partial charge on any atom is 0.243 e. The summed E-state index contributed by atoms with van der Waals surface area (Å²) in [5.74, 6) is -0.361. The summed E-state index contributed by atoms with van der Waals surface area (Å²) in [6.45, 7) is 1.40. The van der Waals surface area contributed by atoms with Crippen molar-refractivity contribution in [3.8, 4) is 0 Å². The minimum Gasteiger partial charge on any atom is -0.361 e. The first-order valence-corrected chi connectivity index (χ1v) is 4.67. The molecule has 4 nitrogen and oxygen atoms in total. The Morgan fingerprint density at radius 1 is 1.56 bits per heavy atom. The molecule has 0 fully saturated rings. The normalized spacial score (nSPS) is 12.0. The first kappa shape index (κ1) is 10.4. The second kappa shape index (κ2) is 3.77. The van der Waals surface area contributed by atoms with Crippen molar-refractivity contribution >= 4 is 17.0 Å². The van der Waals surface area contributed by atoms with Crippen molar-refractivity contribution in [1.29, 1.82) is 0 Å². The number of hydrogen-bond donors (Lipinski definition) is 1. The number of rotatable bonds is 2. The second-order valence-electron chi connectivity index (χ2n) is 3.48. The predicted octanol–water partition coefficient (Wildman–Crippen LogP) is 2.94. The molecule has 0 radical (unpaired) electrons. The third-order valence-electron chi connectivity index (χ3n) is 2.33. The van der Waals surface area contributed by atoms with Crippen LogP contribution >= 0.6 is 0 Å². The van der Waals surface area contributed by atoms with E-state index >= 15 is 0 Å². The van der Waals surface area contributed by atoms with Gasteiger partial charge in [0.05, 0.1) is 4.92 Å². The number of aromatic nitrogens is 1. The van der Waals surface area contributed by atoms with E-state index in [4.69, 9.17) is 0 Å². The molecule has 0 aliphatic rings. The van der Waals surface area contributed by atoms with Gasteiger partial charge in [0.25, 0.3) is 0 Å². The predicted molar refractivity (Wildman–Crippen MR) is 58.9 cm³/mol. The Labute approximate surface area is 90.5 Å². The highest BCUT2D eigenvalue weighted by molar-refractivity contribution is 5.88. The molecule has 2 aromatic rings. The van der Waals surface area contributed by atoms with Gasteiger partial charge < -0.3 is 4.98 Å². The van der Waals surface area contributed by atoms with Crippen LogP contribution in [0.5, 0.6) is 0 Å². The average Bonchev–Trinajstić information content (AvgIpc) is 2.61. The largest absolute Gasteiger partial charge is 0.361 e. The van der Waals surface area contributed by atoms with E-state index < -0.39 is 4.92 Å². The van der Waals surface area contributed by atoms with Crippen molar-refractivity contribution in [3.63, 3.8) is 0 Å². The van der Waals surface area contributed by atoms with E-state index in [0.717, 1.165) is 5.52 Å².